The Morgan fingerprint density at radius 2 is 1.73 bits per heavy atom. The summed E-state index contributed by atoms with van der Waals surface area (Å²) in [5, 5.41) is 2.85. The summed E-state index contributed by atoms with van der Waals surface area (Å²) in [5.74, 6) is 0.155. The van der Waals surface area contributed by atoms with E-state index in [0.717, 1.165) is 18.4 Å². The molecule has 1 amide bonds. The van der Waals surface area contributed by atoms with Crippen LogP contribution in [-0.2, 0) is 16.4 Å². The molecule has 0 atom stereocenters. The second-order valence-corrected chi connectivity index (χ2v) is 8.85. The van der Waals surface area contributed by atoms with Crippen molar-refractivity contribution in [3.05, 3.63) is 83.9 Å². The molecule has 1 N–H and O–H groups in total. The lowest BCUT2D eigenvalue weighted by Gasteiger charge is -2.31. The van der Waals surface area contributed by atoms with Crippen molar-refractivity contribution in [3.8, 4) is 5.75 Å². The molecule has 0 fully saturated rings. The zero-order valence-electron chi connectivity index (χ0n) is 16.5. The predicted molar refractivity (Wildman–Crippen MR) is 117 cm³/mol. The standard InChI is InChI=1S/C23H22N2O4S/c1-29-22-12-6-5-11-20(22)23(26)24-18-14-13-17-8-7-15-25(21(17)16-18)30(27,28)19-9-3-2-4-10-19/h2-6,9-14,16H,7-8,15H2,1H3,(H,24,26). The smallest absolute Gasteiger partial charge is 0.264 e. The molecule has 1 heterocycles. The Balaban J connectivity index is 1.67. The highest BCUT2D eigenvalue weighted by molar-refractivity contribution is 7.92. The zero-order chi connectivity index (χ0) is 21.1. The maximum Gasteiger partial charge on any atom is 0.264 e. The number of carbonyl (C=O) groups excluding carboxylic acids is 1. The molecule has 0 aliphatic carbocycles. The number of hydrogen-bond acceptors (Lipinski definition) is 4. The fraction of sp³-hybridized carbons (Fsp3) is 0.174. The Kier molecular flexibility index (Phi) is 5.46. The quantitative estimate of drug-likeness (QED) is 0.672. The summed E-state index contributed by atoms with van der Waals surface area (Å²) in [6.45, 7) is 0.397. The monoisotopic (exact) mass is 422 g/mol. The molecular weight excluding hydrogens is 400 g/mol. The van der Waals surface area contributed by atoms with E-state index < -0.39 is 10.0 Å². The Bertz CT molecular complexity index is 1180. The minimum absolute atomic E-state index is 0.251. The van der Waals surface area contributed by atoms with Crippen molar-refractivity contribution in [2.75, 3.05) is 23.3 Å². The number of ether oxygens (including phenoxy) is 1. The van der Waals surface area contributed by atoms with Crippen LogP contribution in [0.25, 0.3) is 0 Å². The van der Waals surface area contributed by atoms with Crippen LogP contribution in [0.2, 0.25) is 0 Å². The van der Waals surface area contributed by atoms with Crippen LogP contribution in [0.15, 0.2) is 77.7 Å². The first-order valence-corrected chi connectivity index (χ1v) is 11.1. The predicted octanol–water partition coefficient (Wildman–Crippen LogP) is 4.09. The highest BCUT2D eigenvalue weighted by Gasteiger charge is 2.29. The number of nitrogens with one attached hydrogen (secondary N) is 1. The van der Waals surface area contributed by atoms with E-state index in [-0.39, 0.29) is 10.8 Å². The van der Waals surface area contributed by atoms with E-state index in [1.807, 2.05) is 6.07 Å². The number of methoxy groups -OCH3 is 1. The number of carbonyl (C=O) groups is 1. The number of aryl methyl sites for hydroxylation is 1. The van der Waals surface area contributed by atoms with E-state index in [9.17, 15) is 13.2 Å². The third kappa shape index (κ3) is 3.76. The summed E-state index contributed by atoms with van der Waals surface area (Å²) in [6, 6.07) is 20.7. The van der Waals surface area contributed by atoms with Gasteiger partial charge in [0.25, 0.3) is 15.9 Å². The van der Waals surface area contributed by atoms with Crippen molar-refractivity contribution in [1.29, 1.82) is 0 Å². The van der Waals surface area contributed by atoms with Gasteiger partial charge in [-0.1, -0.05) is 36.4 Å². The summed E-state index contributed by atoms with van der Waals surface area (Å²) >= 11 is 0. The van der Waals surface area contributed by atoms with Crippen LogP contribution in [-0.4, -0.2) is 28.0 Å². The summed E-state index contributed by atoms with van der Waals surface area (Å²) in [5.41, 5.74) is 2.48. The number of para-hydroxylation sites is 1. The van der Waals surface area contributed by atoms with E-state index in [4.69, 9.17) is 4.74 Å². The van der Waals surface area contributed by atoms with Crippen LogP contribution < -0.4 is 14.4 Å². The molecule has 3 aromatic carbocycles. The molecule has 3 aromatic rings. The third-order valence-electron chi connectivity index (χ3n) is 5.10. The largest absolute Gasteiger partial charge is 0.496 e. The average Bonchev–Trinajstić information content (AvgIpc) is 2.79. The van der Waals surface area contributed by atoms with E-state index in [2.05, 4.69) is 5.32 Å². The number of nitrogens with zero attached hydrogens (tertiary/aromatic N) is 1. The summed E-state index contributed by atoms with van der Waals surface area (Å²) < 4.78 is 33.1. The van der Waals surface area contributed by atoms with Gasteiger partial charge < -0.3 is 10.1 Å². The van der Waals surface area contributed by atoms with E-state index in [1.54, 1.807) is 66.7 Å². The van der Waals surface area contributed by atoms with Crippen molar-refractivity contribution < 1.29 is 17.9 Å². The van der Waals surface area contributed by atoms with Crippen LogP contribution in [0.4, 0.5) is 11.4 Å². The SMILES string of the molecule is COc1ccccc1C(=O)Nc1ccc2c(c1)N(S(=O)(=O)c1ccccc1)CCC2. The fourth-order valence-electron chi connectivity index (χ4n) is 3.62. The van der Waals surface area contributed by atoms with Crippen LogP contribution >= 0.6 is 0 Å². The number of sulfonamides is 1. The van der Waals surface area contributed by atoms with Gasteiger partial charge in [0.1, 0.15) is 5.75 Å². The van der Waals surface area contributed by atoms with Gasteiger partial charge in [-0.05, 0) is 54.8 Å². The lowest BCUT2D eigenvalue weighted by atomic mass is 10.0. The molecule has 0 aromatic heterocycles. The first-order chi connectivity index (χ1) is 14.5. The minimum atomic E-state index is -3.68. The number of anilines is 2. The van der Waals surface area contributed by atoms with Gasteiger partial charge in [-0.3, -0.25) is 9.10 Å². The average molecular weight is 423 g/mol. The molecule has 6 nitrogen and oxygen atoms in total. The number of fused-ring (bicyclic) bond motifs is 1. The van der Waals surface area contributed by atoms with Gasteiger partial charge in [-0.25, -0.2) is 8.42 Å². The molecule has 0 spiro atoms. The van der Waals surface area contributed by atoms with Gasteiger partial charge in [0.15, 0.2) is 0 Å². The van der Waals surface area contributed by atoms with Crippen molar-refractivity contribution in [2.45, 2.75) is 17.7 Å². The normalized spacial score (nSPS) is 13.4. The fourth-order valence-corrected chi connectivity index (χ4v) is 5.17. The first-order valence-electron chi connectivity index (χ1n) is 9.66. The van der Waals surface area contributed by atoms with Gasteiger partial charge in [0.05, 0.1) is 23.3 Å². The van der Waals surface area contributed by atoms with E-state index in [1.165, 1.54) is 11.4 Å². The Labute approximate surface area is 176 Å². The molecule has 1 aliphatic rings. The van der Waals surface area contributed by atoms with Crippen molar-refractivity contribution in [2.24, 2.45) is 0 Å². The zero-order valence-corrected chi connectivity index (χ0v) is 17.4. The van der Waals surface area contributed by atoms with Crippen molar-refractivity contribution >= 4 is 27.3 Å². The summed E-state index contributed by atoms with van der Waals surface area (Å²) in [6.07, 6.45) is 1.53. The second kappa shape index (κ2) is 8.20. The molecule has 30 heavy (non-hydrogen) atoms. The Hall–Kier alpha value is -3.32. The minimum Gasteiger partial charge on any atom is -0.496 e. The van der Waals surface area contributed by atoms with Gasteiger partial charge in [0, 0.05) is 12.2 Å². The van der Waals surface area contributed by atoms with Crippen LogP contribution in [0.1, 0.15) is 22.3 Å². The Morgan fingerprint density at radius 3 is 2.50 bits per heavy atom. The second-order valence-electron chi connectivity index (χ2n) is 6.99. The molecule has 0 saturated carbocycles. The molecule has 1 aliphatic heterocycles. The molecule has 0 unspecified atom stereocenters. The van der Waals surface area contributed by atoms with Crippen molar-refractivity contribution in [3.63, 3.8) is 0 Å². The molecule has 0 saturated heterocycles. The number of rotatable bonds is 5. The molecular formula is C23H22N2O4S. The first kappa shape index (κ1) is 20.0. The molecule has 0 bridgehead atoms. The van der Waals surface area contributed by atoms with Crippen LogP contribution in [0.3, 0.4) is 0 Å². The summed E-state index contributed by atoms with van der Waals surface area (Å²) in [7, 11) is -2.17. The highest BCUT2D eigenvalue weighted by Crippen LogP contribution is 2.34. The Morgan fingerprint density at radius 1 is 1.00 bits per heavy atom. The number of hydrogen-bond donors (Lipinski definition) is 1. The van der Waals surface area contributed by atoms with Gasteiger partial charge in [-0.15, -0.1) is 0 Å². The lowest BCUT2D eigenvalue weighted by molar-refractivity contribution is 0.102. The summed E-state index contributed by atoms with van der Waals surface area (Å²) in [4.78, 5) is 13.0. The van der Waals surface area contributed by atoms with Crippen LogP contribution in [0.5, 0.6) is 5.75 Å². The maximum absolute atomic E-state index is 13.2. The van der Waals surface area contributed by atoms with Gasteiger partial charge >= 0.3 is 0 Å². The number of amides is 1. The van der Waals surface area contributed by atoms with Crippen LogP contribution in [0, 0.1) is 0 Å². The maximum atomic E-state index is 13.2. The third-order valence-corrected chi connectivity index (χ3v) is 6.93. The molecule has 0 radical (unpaired) electrons. The van der Waals surface area contributed by atoms with E-state index in [0.29, 0.717) is 29.2 Å². The molecule has 4 rings (SSSR count). The van der Waals surface area contributed by atoms with Crippen molar-refractivity contribution in [1.82, 2.24) is 0 Å². The van der Waals surface area contributed by atoms with E-state index >= 15 is 0 Å². The molecule has 154 valence electrons. The lowest BCUT2D eigenvalue weighted by Crippen LogP contribution is -2.35. The van der Waals surface area contributed by atoms with Gasteiger partial charge in [0.2, 0.25) is 0 Å². The van der Waals surface area contributed by atoms with Gasteiger partial charge in [-0.2, -0.15) is 0 Å². The number of benzene rings is 3. The topological polar surface area (TPSA) is 75.7 Å². The highest BCUT2D eigenvalue weighted by atomic mass is 32.2. The molecule has 7 heteroatoms.